The van der Waals surface area contributed by atoms with E-state index in [0.717, 1.165) is 6.07 Å². The van der Waals surface area contributed by atoms with Crippen LogP contribution in [-0.4, -0.2) is 27.6 Å². The maximum Gasteiger partial charge on any atom is 0.170 e. The number of nitrogens with two attached hydrogens (primary N) is 1. The number of carbonyl (C=O) groups is 1. The van der Waals surface area contributed by atoms with Crippen molar-refractivity contribution in [3.8, 4) is 17.2 Å². The maximum atomic E-state index is 11.4. The number of phenols is 3. The first kappa shape index (κ1) is 11.6. The summed E-state index contributed by atoms with van der Waals surface area (Å²) >= 11 is 5.62. The number of halogens is 1. The molecule has 0 aliphatic rings. The van der Waals surface area contributed by atoms with Crippen LogP contribution in [0.5, 0.6) is 17.2 Å². The van der Waals surface area contributed by atoms with Gasteiger partial charge in [0.2, 0.25) is 0 Å². The molecule has 0 aromatic heterocycles. The molecule has 1 aromatic carbocycles. The van der Waals surface area contributed by atoms with E-state index in [-0.39, 0.29) is 23.6 Å². The van der Waals surface area contributed by atoms with Crippen molar-refractivity contribution in [3.05, 3.63) is 16.7 Å². The zero-order valence-corrected chi connectivity index (χ0v) is 8.45. The Morgan fingerprint density at radius 2 is 1.93 bits per heavy atom. The van der Waals surface area contributed by atoms with Crippen molar-refractivity contribution in [2.24, 2.45) is 5.73 Å². The van der Waals surface area contributed by atoms with Crippen LogP contribution in [0.25, 0.3) is 0 Å². The molecule has 0 spiro atoms. The van der Waals surface area contributed by atoms with Crippen molar-refractivity contribution < 1.29 is 20.1 Å². The number of Topliss-reactive ketones (excluding diaryl/α,β-unsaturated/α-hetero) is 1. The fraction of sp³-hybridized carbons (Fsp3) is 0.222. The van der Waals surface area contributed by atoms with Gasteiger partial charge in [-0.1, -0.05) is 11.6 Å². The molecule has 1 rings (SSSR count). The number of hydrogen-bond donors (Lipinski definition) is 4. The number of carbonyl (C=O) groups excluding carboxylic acids is 1. The van der Waals surface area contributed by atoms with E-state index in [9.17, 15) is 20.1 Å². The molecule has 0 fully saturated rings. The molecule has 0 heterocycles. The van der Waals surface area contributed by atoms with Gasteiger partial charge in [0.1, 0.15) is 5.75 Å². The van der Waals surface area contributed by atoms with Crippen LogP contribution in [0.2, 0.25) is 5.02 Å². The number of ketones is 1. The predicted molar refractivity (Wildman–Crippen MR) is 54.4 cm³/mol. The molecule has 0 saturated carbocycles. The average Bonchev–Trinajstić information content (AvgIpc) is 2.16. The van der Waals surface area contributed by atoms with Gasteiger partial charge in [-0.05, 0) is 6.54 Å². The maximum absolute atomic E-state index is 11.4. The van der Waals surface area contributed by atoms with Gasteiger partial charge in [0, 0.05) is 12.5 Å². The lowest BCUT2D eigenvalue weighted by molar-refractivity contribution is 0.0982. The molecule has 0 bridgehead atoms. The lowest BCUT2D eigenvalue weighted by Crippen LogP contribution is -2.09. The second-order valence-corrected chi connectivity index (χ2v) is 3.29. The van der Waals surface area contributed by atoms with Gasteiger partial charge in [-0.25, -0.2) is 0 Å². The molecule has 82 valence electrons. The highest BCUT2D eigenvalue weighted by atomic mass is 35.5. The molecule has 5 N–H and O–H groups in total. The van der Waals surface area contributed by atoms with Crippen molar-refractivity contribution in [3.63, 3.8) is 0 Å². The van der Waals surface area contributed by atoms with E-state index in [1.807, 2.05) is 0 Å². The first-order chi connectivity index (χ1) is 6.99. The van der Waals surface area contributed by atoms with E-state index in [1.54, 1.807) is 0 Å². The fourth-order valence-corrected chi connectivity index (χ4v) is 1.38. The second kappa shape index (κ2) is 4.37. The van der Waals surface area contributed by atoms with Crippen LogP contribution in [0.3, 0.4) is 0 Å². The molecule has 5 nitrogen and oxygen atoms in total. The zero-order chi connectivity index (χ0) is 11.6. The molecule has 0 unspecified atom stereocenters. The van der Waals surface area contributed by atoms with Crippen molar-refractivity contribution in [2.45, 2.75) is 6.42 Å². The zero-order valence-electron chi connectivity index (χ0n) is 7.70. The molecular weight excluding hydrogens is 222 g/mol. The SMILES string of the molecule is NCCC(=O)c1c(O)c(O)cc(O)c1Cl. The van der Waals surface area contributed by atoms with Crippen LogP contribution >= 0.6 is 11.6 Å². The topological polar surface area (TPSA) is 104 Å². The lowest BCUT2D eigenvalue weighted by atomic mass is 10.1. The third-order valence-electron chi connectivity index (χ3n) is 1.85. The summed E-state index contributed by atoms with van der Waals surface area (Å²) in [5.74, 6) is -2.24. The summed E-state index contributed by atoms with van der Waals surface area (Å²) in [4.78, 5) is 11.4. The Labute approximate surface area is 90.7 Å². The van der Waals surface area contributed by atoms with E-state index < -0.39 is 23.0 Å². The monoisotopic (exact) mass is 231 g/mol. The van der Waals surface area contributed by atoms with E-state index in [1.165, 1.54) is 0 Å². The third kappa shape index (κ3) is 2.14. The summed E-state index contributed by atoms with van der Waals surface area (Å²) in [7, 11) is 0. The van der Waals surface area contributed by atoms with Crippen LogP contribution in [0.4, 0.5) is 0 Å². The molecular formula is C9H10ClNO4. The number of hydrogen-bond acceptors (Lipinski definition) is 5. The number of benzene rings is 1. The highest BCUT2D eigenvalue weighted by Gasteiger charge is 2.21. The average molecular weight is 232 g/mol. The Bertz CT molecular complexity index is 379. The minimum Gasteiger partial charge on any atom is -0.506 e. The van der Waals surface area contributed by atoms with Gasteiger partial charge < -0.3 is 21.1 Å². The molecule has 0 saturated heterocycles. The standard InChI is InChI=1S/C9H10ClNO4/c10-8-5(13)3-6(14)9(15)7(8)4(12)1-2-11/h3,13-15H,1-2,11H2. The van der Waals surface area contributed by atoms with Crippen LogP contribution in [0.1, 0.15) is 16.8 Å². The first-order valence-corrected chi connectivity index (χ1v) is 4.53. The Kier molecular flexibility index (Phi) is 3.39. The number of rotatable bonds is 3. The van der Waals surface area contributed by atoms with Crippen LogP contribution in [-0.2, 0) is 0 Å². The van der Waals surface area contributed by atoms with E-state index in [4.69, 9.17) is 17.3 Å². The molecule has 0 radical (unpaired) electrons. The Morgan fingerprint density at radius 3 is 2.47 bits per heavy atom. The second-order valence-electron chi connectivity index (χ2n) is 2.91. The highest BCUT2D eigenvalue weighted by Crippen LogP contribution is 2.40. The van der Waals surface area contributed by atoms with E-state index >= 15 is 0 Å². The Morgan fingerprint density at radius 1 is 1.33 bits per heavy atom. The highest BCUT2D eigenvalue weighted by molar-refractivity contribution is 6.36. The van der Waals surface area contributed by atoms with Crippen molar-refractivity contribution in [1.29, 1.82) is 0 Å². The van der Waals surface area contributed by atoms with Gasteiger partial charge in [0.15, 0.2) is 17.3 Å². The quantitative estimate of drug-likeness (QED) is 0.353. The van der Waals surface area contributed by atoms with Crippen LogP contribution in [0, 0.1) is 0 Å². The minimum absolute atomic E-state index is 0.0316. The molecule has 0 amide bonds. The predicted octanol–water partition coefficient (Wildman–Crippen LogP) is 0.988. The molecule has 0 atom stereocenters. The summed E-state index contributed by atoms with van der Waals surface area (Å²) in [5, 5.41) is 27.5. The van der Waals surface area contributed by atoms with Crippen LogP contribution in [0.15, 0.2) is 6.07 Å². The Balaban J connectivity index is 3.32. The van der Waals surface area contributed by atoms with Crippen molar-refractivity contribution in [1.82, 2.24) is 0 Å². The van der Waals surface area contributed by atoms with Crippen LogP contribution < -0.4 is 5.73 Å². The van der Waals surface area contributed by atoms with Gasteiger partial charge >= 0.3 is 0 Å². The van der Waals surface area contributed by atoms with E-state index in [2.05, 4.69) is 0 Å². The fourth-order valence-electron chi connectivity index (χ4n) is 1.13. The Hall–Kier alpha value is -1.46. The number of phenolic OH excluding ortho intramolecular Hbond substituents is 3. The summed E-state index contributed by atoms with van der Waals surface area (Å²) in [6.07, 6.45) is -0.0316. The number of aromatic hydroxyl groups is 3. The molecule has 15 heavy (non-hydrogen) atoms. The van der Waals surface area contributed by atoms with Gasteiger partial charge in [-0.3, -0.25) is 4.79 Å². The summed E-state index contributed by atoms with van der Waals surface area (Å²) in [6.45, 7) is 0.0883. The van der Waals surface area contributed by atoms with Crippen molar-refractivity contribution in [2.75, 3.05) is 6.54 Å². The van der Waals surface area contributed by atoms with Gasteiger partial charge in [-0.2, -0.15) is 0 Å². The molecule has 0 aliphatic heterocycles. The van der Waals surface area contributed by atoms with Gasteiger partial charge in [-0.15, -0.1) is 0 Å². The molecule has 6 heteroatoms. The normalized spacial score (nSPS) is 10.3. The minimum atomic E-state index is -0.642. The van der Waals surface area contributed by atoms with E-state index in [0.29, 0.717) is 0 Å². The van der Waals surface area contributed by atoms with Gasteiger partial charge in [0.25, 0.3) is 0 Å². The van der Waals surface area contributed by atoms with Gasteiger partial charge in [0.05, 0.1) is 10.6 Å². The smallest absolute Gasteiger partial charge is 0.170 e. The third-order valence-corrected chi connectivity index (χ3v) is 2.23. The first-order valence-electron chi connectivity index (χ1n) is 4.15. The molecule has 1 aromatic rings. The summed E-state index contributed by atoms with van der Waals surface area (Å²) in [5.41, 5.74) is 4.87. The summed E-state index contributed by atoms with van der Waals surface area (Å²) < 4.78 is 0. The lowest BCUT2D eigenvalue weighted by Gasteiger charge is -2.08. The largest absolute Gasteiger partial charge is 0.506 e. The molecule has 0 aliphatic carbocycles. The summed E-state index contributed by atoms with van der Waals surface area (Å²) in [6, 6.07) is 0.858. The van der Waals surface area contributed by atoms with Crippen molar-refractivity contribution >= 4 is 17.4 Å².